The molecule has 1 aromatic heterocycles. The summed E-state index contributed by atoms with van der Waals surface area (Å²) >= 11 is 0. The Bertz CT molecular complexity index is 773. The highest BCUT2D eigenvalue weighted by Gasteiger charge is 2.17. The molecule has 31 heavy (non-hydrogen) atoms. The van der Waals surface area contributed by atoms with Crippen molar-refractivity contribution in [3.63, 3.8) is 0 Å². The number of nitrogens with one attached hydrogen (secondary N) is 2. The van der Waals surface area contributed by atoms with Crippen molar-refractivity contribution in [1.82, 2.24) is 25.4 Å². The summed E-state index contributed by atoms with van der Waals surface area (Å²) in [6, 6.07) is 9.94. The summed E-state index contributed by atoms with van der Waals surface area (Å²) in [5.41, 5.74) is 1.80. The zero-order valence-corrected chi connectivity index (χ0v) is 21.3. The monoisotopic (exact) mass is 540 g/mol. The SMILES string of the molecule is CCNC(=NCc1coc(-c2ccccc2)n1)NCC(C)CN1CCN(CC)CC1.I. The van der Waals surface area contributed by atoms with E-state index in [0.717, 1.165) is 43.4 Å². The first-order valence-corrected chi connectivity index (χ1v) is 11.1. The first-order valence-electron chi connectivity index (χ1n) is 11.1. The molecule has 1 unspecified atom stereocenters. The Morgan fingerprint density at radius 2 is 1.81 bits per heavy atom. The molecule has 2 aromatic rings. The van der Waals surface area contributed by atoms with E-state index >= 15 is 0 Å². The Hall–Kier alpha value is -1.65. The van der Waals surface area contributed by atoms with E-state index in [1.54, 1.807) is 6.26 Å². The maximum atomic E-state index is 5.61. The molecule has 8 heteroatoms. The van der Waals surface area contributed by atoms with Crippen LogP contribution in [0.5, 0.6) is 0 Å². The van der Waals surface area contributed by atoms with Gasteiger partial charge in [0.1, 0.15) is 12.0 Å². The lowest BCUT2D eigenvalue weighted by molar-refractivity contribution is 0.124. The standard InChI is InChI=1S/C23H36N6O.HI/c1-4-24-23(25-15-19(3)17-29-13-11-28(5-2)12-14-29)26-16-21-18-30-22(27-21)20-9-7-6-8-10-20;/h6-10,18-19H,4-5,11-17H2,1-3H3,(H2,24,25,26);1H. The van der Waals surface area contributed by atoms with Crippen LogP contribution in [0.15, 0.2) is 46.0 Å². The number of benzene rings is 1. The van der Waals surface area contributed by atoms with Crippen LogP contribution in [0.4, 0.5) is 0 Å². The lowest BCUT2D eigenvalue weighted by atomic mass is 10.1. The number of aliphatic imine (C=N–C) groups is 1. The summed E-state index contributed by atoms with van der Waals surface area (Å²) in [5, 5.41) is 6.81. The molecule has 0 radical (unpaired) electrons. The third-order valence-electron chi connectivity index (χ3n) is 5.42. The third-order valence-corrected chi connectivity index (χ3v) is 5.42. The second-order valence-electron chi connectivity index (χ2n) is 7.93. The molecule has 1 aromatic carbocycles. The number of hydrogen-bond donors (Lipinski definition) is 2. The van der Waals surface area contributed by atoms with E-state index in [1.807, 2.05) is 30.3 Å². The fourth-order valence-corrected chi connectivity index (χ4v) is 3.66. The molecule has 2 heterocycles. The summed E-state index contributed by atoms with van der Waals surface area (Å²) in [6.07, 6.45) is 1.69. The number of piperazine rings is 1. The van der Waals surface area contributed by atoms with Gasteiger partial charge in [-0.2, -0.15) is 0 Å². The number of halogens is 1. The summed E-state index contributed by atoms with van der Waals surface area (Å²) in [7, 11) is 0. The van der Waals surface area contributed by atoms with Gasteiger partial charge in [-0.3, -0.25) is 0 Å². The zero-order chi connectivity index (χ0) is 21.2. The number of aromatic nitrogens is 1. The van der Waals surface area contributed by atoms with Gasteiger partial charge in [0.05, 0.1) is 6.54 Å². The quantitative estimate of drug-likeness (QED) is 0.289. The highest BCUT2D eigenvalue weighted by molar-refractivity contribution is 14.0. The lowest BCUT2D eigenvalue weighted by Gasteiger charge is -2.35. The highest BCUT2D eigenvalue weighted by atomic mass is 127. The van der Waals surface area contributed by atoms with Crippen molar-refractivity contribution in [2.45, 2.75) is 27.3 Å². The minimum Gasteiger partial charge on any atom is -0.444 e. The van der Waals surface area contributed by atoms with Crippen molar-refractivity contribution >= 4 is 29.9 Å². The molecule has 1 fully saturated rings. The van der Waals surface area contributed by atoms with Crippen LogP contribution in [-0.2, 0) is 6.54 Å². The van der Waals surface area contributed by atoms with Gasteiger partial charge in [0.25, 0.3) is 0 Å². The maximum Gasteiger partial charge on any atom is 0.226 e. The predicted octanol–water partition coefficient (Wildman–Crippen LogP) is 3.29. The van der Waals surface area contributed by atoms with Gasteiger partial charge in [-0.1, -0.05) is 32.0 Å². The molecular weight excluding hydrogens is 503 g/mol. The zero-order valence-electron chi connectivity index (χ0n) is 19.0. The van der Waals surface area contributed by atoms with Crippen molar-refractivity contribution < 1.29 is 4.42 Å². The normalized spacial score (nSPS) is 16.5. The van der Waals surface area contributed by atoms with Gasteiger partial charge in [-0.15, -0.1) is 24.0 Å². The summed E-state index contributed by atoms with van der Waals surface area (Å²) in [5.74, 6) is 2.01. The van der Waals surface area contributed by atoms with Crippen LogP contribution in [0.3, 0.4) is 0 Å². The molecule has 1 aliphatic heterocycles. The molecule has 3 rings (SSSR count). The Kier molecular flexibility index (Phi) is 11.3. The number of rotatable bonds is 9. The first kappa shape index (κ1) is 25.6. The van der Waals surface area contributed by atoms with E-state index in [9.17, 15) is 0 Å². The molecular formula is C23H37IN6O. The van der Waals surface area contributed by atoms with E-state index in [1.165, 1.54) is 26.2 Å². The molecule has 0 spiro atoms. The molecule has 0 saturated carbocycles. The molecule has 1 aliphatic rings. The van der Waals surface area contributed by atoms with Crippen LogP contribution in [0.2, 0.25) is 0 Å². The van der Waals surface area contributed by atoms with Crippen LogP contribution in [0, 0.1) is 5.92 Å². The minimum absolute atomic E-state index is 0. The van der Waals surface area contributed by atoms with Gasteiger partial charge in [-0.05, 0) is 31.5 Å². The summed E-state index contributed by atoms with van der Waals surface area (Å²) in [6.45, 7) is 15.8. The number of oxazole rings is 1. The van der Waals surface area contributed by atoms with Crippen molar-refractivity contribution in [3.05, 3.63) is 42.3 Å². The van der Waals surface area contributed by atoms with Crippen molar-refractivity contribution in [2.24, 2.45) is 10.9 Å². The lowest BCUT2D eigenvalue weighted by Crippen LogP contribution is -2.48. The average molecular weight is 540 g/mol. The molecule has 7 nitrogen and oxygen atoms in total. The van der Waals surface area contributed by atoms with Gasteiger partial charge in [-0.25, -0.2) is 9.98 Å². The smallest absolute Gasteiger partial charge is 0.226 e. The van der Waals surface area contributed by atoms with E-state index < -0.39 is 0 Å². The van der Waals surface area contributed by atoms with Crippen LogP contribution in [0.25, 0.3) is 11.5 Å². The molecule has 2 N–H and O–H groups in total. The van der Waals surface area contributed by atoms with Crippen molar-refractivity contribution in [2.75, 3.05) is 52.4 Å². The second-order valence-corrected chi connectivity index (χ2v) is 7.93. The molecule has 1 saturated heterocycles. The molecule has 1 atom stereocenters. The fourth-order valence-electron chi connectivity index (χ4n) is 3.66. The largest absolute Gasteiger partial charge is 0.444 e. The molecule has 0 aliphatic carbocycles. The number of hydrogen-bond acceptors (Lipinski definition) is 5. The number of likely N-dealkylation sites (N-methyl/N-ethyl adjacent to an activating group) is 1. The predicted molar refractivity (Wildman–Crippen MR) is 138 cm³/mol. The van der Waals surface area contributed by atoms with Crippen LogP contribution in [-0.4, -0.2) is 73.1 Å². The average Bonchev–Trinajstić information content (AvgIpc) is 3.26. The Morgan fingerprint density at radius 1 is 1.10 bits per heavy atom. The molecule has 0 bridgehead atoms. The van der Waals surface area contributed by atoms with Crippen LogP contribution < -0.4 is 10.6 Å². The first-order chi connectivity index (χ1) is 14.7. The van der Waals surface area contributed by atoms with Gasteiger partial charge in [0.2, 0.25) is 5.89 Å². The van der Waals surface area contributed by atoms with Crippen molar-refractivity contribution in [1.29, 1.82) is 0 Å². The molecule has 0 amide bonds. The summed E-state index contributed by atoms with van der Waals surface area (Å²) < 4.78 is 5.61. The van der Waals surface area contributed by atoms with Gasteiger partial charge in [0, 0.05) is 51.4 Å². The van der Waals surface area contributed by atoms with Gasteiger partial charge >= 0.3 is 0 Å². The van der Waals surface area contributed by atoms with Crippen LogP contribution in [0.1, 0.15) is 26.5 Å². The maximum absolute atomic E-state index is 5.61. The fraction of sp³-hybridized carbons (Fsp3) is 0.565. The van der Waals surface area contributed by atoms with Gasteiger partial charge in [0.15, 0.2) is 5.96 Å². The number of guanidine groups is 1. The highest BCUT2D eigenvalue weighted by Crippen LogP contribution is 2.18. The van der Waals surface area contributed by atoms with Crippen molar-refractivity contribution in [3.8, 4) is 11.5 Å². The topological polar surface area (TPSA) is 68.9 Å². The second kappa shape index (κ2) is 13.7. The van der Waals surface area contributed by atoms with Crippen LogP contribution >= 0.6 is 24.0 Å². The summed E-state index contributed by atoms with van der Waals surface area (Å²) in [4.78, 5) is 14.3. The Morgan fingerprint density at radius 3 is 2.48 bits per heavy atom. The minimum atomic E-state index is 0. The van der Waals surface area contributed by atoms with E-state index in [0.29, 0.717) is 18.4 Å². The van der Waals surface area contributed by atoms with E-state index in [4.69, 9.17) is 4.42 Å². The molecule has 172 valence electrons. The third kappa shape index (κ3) is 8.42. The Labute approximate surface area is 203 Å². The number of nitrogens with zero attached hydrogens (tertiary/aromatic N) is 4. The van der Waals surface area contributed by atoms with Gasteiger partial charge < -0.3 is 24.9 Å². The van der Waals surface area contributed by atoms with E-state index in [2.05, 4.69) is 51.2 Å². The Balaban J connectivity index is 0.00000341. The van der Waals surface area contributed by atoms with E-state index in [-0.39, 0.29) is 24.0 Å².